The molecule has 10 heteroatoms. The van der Waals surface area contributed by atoms with Crippen LogP contribution < -0.4 is 5.46 Å². The monoisotopic (exact) mass is 1360 g/mol. The molecule has 4 aromatic heterocycles. The molecule has 2 N–H and O–H groups in total. The van der Waals surface area contributed by atoms with Crippen LogP contribution in [0.1, 0.15) is 14.9 Å². The van der Waals surface area contributed by atoms with Crippen molar-refractivity contribution in [2.45, 2.75) is 14.9 Å². The predicted molar refractivity (Wildman–Crippen MR) is 440 cm³/mol. The number of halogens is 1. The van der Waals surface area contributed by atoms with E-state index in [9.17, 15) is 10.0 Å². The summed E-state index contributed by atoms with van der Waals surface area (Å²) in [5.41, 5.74) is 21.9. The van der Waals surface area contributed by atoms with Crippen molar-refractivity contribution < 1.29 is 10.0 Å². The summed E-state index contributed by atoms with van der Waals surface area (Å²) in [6.07, 6.45) is 3.53. The van der Waals surface area contributed by atoms with E-state index in [1.54, 1.807) is 12.3 Å². The van der Waals surface area contributed by atoms with Gasteiger partial charge in [0.1, 0.15) is 5.15 Å². The van der Waals surface area contributed by atoms with Gasteiger partial charge in [0.25, 0.3) is 0 Å². The van der Waals surface area contributed by atoms with E-state index < -0.39 is 7.12 Å². The number of fused-ring (bicyclic) bond motifs is 18. The van der Waals surface area contributed by atoms with Gasteiger partial charge in [-0.2, -0.15) is 0 Å². The Labute approximate surface area is 607 Å². The summed E-state index contributed by atoms with van der Waals surface area (Å²) in [7, 11) is -1.51. The molecule has 20 aromatic rings. The first-order chi connectivity index (χ1) is 50.3. The first-order valence-electron chi connectivity index (χ1n) is 34.1. The first kappa shape index (κ1) is 65.7. The number of rotatable bonds is 8. The first-order valence-corrected chi connectivity index (χ1v) is 34.4. The lowest BCUT2D eigenvalue weighted by atomic mass is 9.80. The highest BCUT2D eigenvalue weighted by Gasteiger charge is 2.21. The highest BCUT2D eigenvalue weighted by atomic mass is 35.5. The number of hydrogen-bond donors (Lipinski definition) is 2. The van der Waals surface area contributed by atoms with Gasteiger partial charge < -0.3 is 19.2 Å². The molecule has 16 aromatic carbocycles. The van der Waals surface area contributed by atoms with Crippen molar-refractivity contribution in [1.29, 1.82) is 0 Å². The maximum Gasteiger partial charge on any atom is 0.488 e. The standard InChI is InChI=1S/C46H29N3.C30H22BNO2.C16H9ClN2.2CH4/c1-3-12-30(13-4-1)32-22-24-43-40(27-32)41-28-33(31-14-5-2-6-15-31)23-25-44(41)49(43)35-17-11-16-34(26-35)42-29-47-45-38-20-9-7-18-36(38)37-19-8-10-21-39(37)46(45)48-42;33-31(34)25-12-7-13-26(20-25)32-29-16-14-23(21-8-3-1-4-9-21)18-27(29)28-19-24(15-17-30(28)32)22-10-5-2-6-11-22;17-14-9-18-15-12-7-3-1-5-10(12)11-6-2-4-8-13(11)16(15)19-14;;/h1-29H;1-20,33-34H;1-9H;2*1H4. The molecule has 0 aliphatic heterocycles. The molecule has 0 saturated carbocycles. The average Bonchev–Trinajstić information content (AvgIpc) is 1.57. The third kappa shape index (κ3) is 11.9. The summed E-state index contributed by atoms with van der Waals surface area (Å²) in [5, 5.41) is 33.9. The van der Waals surface area contributed by atoms with E-state index in [1.165, 1.54) is 76.7 Å². The van der Waals surface area contributed by atoms with Crippen LogP contribution in [0, 0.1) is 0 Å². The number of benzene rings is 16. The van der Waals surface area contributed by atoms with Gasteiger partial charge in [0.2, 0.25) is 0 Å². The maximum atomic E-state index is 9.74. The van der Waals surface area contributed by atoms with Crippen LogP contribution in [-0.2, 0) is 0 Å². The second kappa shape index (κ2) is 27.9. The predicted octanol–water partition coefficient (Wildman–Crippen LogP) is 23.7. The fourth-order valence-corrected chi connectivity index (χ4v) is 15.0. The van der Waals surface area contributed by atoms with Gasteiger partial charge in [0, 0.05) is 60.0 Å². The van der Waals surface area contributed by atoms with E-state index >= 15 is 0 Å². The Kier molecular flexibility index (Phi) is 17.6. The lowest BCUT2D eigenvalue weighted by Gasteiger charge is -2.12. The lowest BCUT2D eigenvalue weighted by Crippen LogP contribution is -2.29. The fraction of sp³-hybridized carbons (Fsp3) is 0.0213. The smallest absolute Gasteiger partial charge is 0.423 e. The highest BCUT2D eigenvalue weighted by Crippen LogP contribution is 2.42. The van der Waals surface area contributed by atoms with E-state index in [0.29, 0.717) is 10.6 Å². The molecule has 0 atom stereocenters. The minimum Gasteiger partial charge on any atom is -0.423 e. The highest BCUT2D eigenvalue weighted by molar-refractivity contribution is 6.58. The van der Waals surface area contributed by atoms with E-state index in [4.69, 9.17) is 21.6 Å². The lowest BCUT2D eigenvalue weighted by molar-refractivity contribution is 0.425. The van der Waals surface area contributed by atoms with Gasteiger partial charge in [0.05, 0.1) is 62.2 Å². The van der Waals surface area contributed by atoms with Crippen LogP contribution >= 0.6 is 11.6 Å². The van der Waals surface area contributed by atoms with Crippen LogP contribution in [0.4, 0.5) is 0 Å². The number of aromatic nitrogens is 6. The molecule has 0 fully saturated rings. The Bertz CT molecular complexity index is 6360. The van der Waals surface area contributed by atoms with Crippen LogP contribution in [0.3, 0.4) is 0 Å². The van der Waals surface area contributed by atoms with Crippen molar-refractivity contribution in [3.8, 4) is 67.1 Å². The minimum absolute atomic E-state index is 0. The van der Waals surface area contributed by atoms with Crippen molar-refractivity contribution in [2.24, 2.45) is 0 Å². The van der Waals surface area contributed by atoms with Crippen molar-refractivity contribution in [3.63, 3.8) is 0 Å². The summed E-state index contributed by atoms with van der Waals surface area (Å²) < 4.78 is 4.58. The second-order valence-electron chi connectivity index (χ2n) is 25.6. The molecule has 104 heavy (non-hydrogen) atoms. The molecule has 496 valence electrons. The van der Waals surface area contributed by atoms with E-state index in [2.05, 4.69) is 298 Å². The SMILES string of the molecule is C.C.Clc1cnc2c3ccccc3c3ccccc3c2n1.OB(O)c1cccc(-n2c3ccc(-c4ccccc4)cc3c3cc(-c4ccccc4)ccc32)c1.c1ccc(-c2ccc3c(c2)c2cc(-c4ccccc4)ccc2n3-c2cccc(-c3cnc4c5ccccc5c5ccccc5c4n3)c2)cc1. The molecule has 0 spiro atoms. The van der Waals surface area contributed by atoms with E-state index in [0.717, 1.165) is 99.2 Å². The molecule has 0 saturated heterocycles. The van der Waals surface area contributed by atoms with Crippen molar-refractivity contribution >= 4 is 133 Å². The molecule has 0 amide bonds. The molecule has 0 unspecified atom stereocenters. The van der Waals surface area contributed by atoms with E-state index in [-0.39, 0.29) is 14.9 Å². The summed E-state index contributed by atoms with van der Waals surface area (Å²) in [6, 6.07) is 118. The normalized spacial score (nSPS) is 11.3. The van der Waals surface area contributed by atoms with Crippen molar-refractivity contribution in [1.82, 2.24) is 29.1 Å². The van der Waals surface area contributed by atoms with E-state index in [1.807, 2.05) is 60.8 Å². The summed E-state index contributed by atoms with van der Waals surface area (Å²) >= 11 is 6.00. The van der Waals surface area contributed by atoms with Gasteiger partial charge in [-0.1, -0.05) is 293 Å². The van der Waals surface area contributed by atoms with Crippen LogP contribution in [-0.4, -0.2) is 46.2 Å². The van der Waals surface area contributed by atoms with Crippen molar-refractivity contribution in [3.05, 3.63) is 357 Å². The average molecular weight is 1360 g/mol. The van der Waals surface area contributed by atoms with Crippen LogP contribution in [0.15, 0.2) is 352 Å². The summed E-state index contributed by atoms with van der Waals surface area (Å²) in [4.78, 5) is 19.2. The Balaban J connectivity index is 0.000000131. The van der Waals surface area contributed by atoms with Gasteiger partial charge in [0.15, 0.2) is 0 Å². The summed E-state index contributed by atoms with van der Waals surface area (Å²) in [5.74, 6) is 0. The van der Waals surface area contributed by atoms with Gasteiger partial charge in [-0.25, -0.2) is 9.97 Å². The van der Waals surface area contributed by atoms with Gasteiger partial charge in [-0.3, -0.25) is 9.97 Å². The molecule has 8 nitrogen and oxygen atoms in total. The molecular weight excluding hydrogens is 1290 g/mol. The zero-order chi connectivity index (χ0) is 68.2. The second-order valence-corrected chi connectivity index (χ2v) is 26.0. The summed E-state index contributed by atoms with van der Waals surface area (Å²) in [6.45, 7) is 0. The van der Waals surface area contributed by atoms with Gasteiger partial charge in [-0.05, 0) is 144 Å². The zero-order valence-corrected chi connectivity index (χ0v) is 55.8. The number of nitrogens with zero attached hydrogens (tertiary/aromatic N) is 6. The molecule has 0 aliphatic carbocycles. The Morgan fingerprint density at radius 3 is 0.933 bits per heavy atom. The van der Waals surface area contributed by atoms with Crippen molar-refractivity contribution in [2.75, 3.05) is 0 Å². The Morgan fingerprint density at radius 2 is 0.558 bits per heavy atom. The number of hydrogen-bond acceptors (Lipinski definition) is 6. The third-order valence-electron chi connectivity index (χ3n) is 19.6. The zero-order valence-electron chi connectivity index (χ0n) is 55.0. The van der Waals surface area contributed by atoms with Gasteiger partial charge >= 0.3 is 7.12 Å². The minimum atomic E-state index is -1.51. The largest absolute Gasteiger partial charge is 0.488 e. The van der Waals surface area contributed by atoms with Crippen LogP contribution in [0.5, 0.6) is 0 Å². The maximum absolute atomic E-state index is 9.74. The Hall–Kier alpha value is -12.9. The molecule has 4 heterocycles. The third-order valence-corrected chi connectivity index (χ3v) is 19.8. The quantitative estimate of drug-likeness (QED) is 0.116. The molecule has 0 aliphatic rings. The Morgan fingerprint density at radius 1 is 0.250 bits per heavy atom. The topological polar surface area (TPSA) is 102 Å². The molecule has 20 rings (SSSR count). The fourth-order valence-electron chi connectivity index (χ4n) is 14.8. The molecular formula is C94H68BClN6O2. The molecule has 0 radical (unpaired) electrons. The molecule has 0 bridgehead atoms. The van der Waals surface area contributed by atoms with Gasteiger partial charge in [-0.15, -0.1) is 0 Å². The van der Waals surface area contributed by atoms with Crippen LogP contribution in [0.25, 0.3) is 176 Å². The van der Waals surface area contributed by atoms with Crippen LogP contribution in [0.2, 0.25) is 5.15 Å².